The Bertz CT molecular complexity index is 1380. The molecule has 5 rings (SSSR count). The Balaban J connectivity index is 1.68. The molecule has 0 amide bonds. The number of fused-ring (bicyclic) bond motifs is 1. The topological polar surface area (TPSA) is 67.1 Å². The maximum absolute atomic E-state index is 14.4. The van der Waals surface area contributed by atoms with E-state index in [0.29, 0.717) is 28.8 Å². The van der Waals surface area contributed by atoms with E-state index in [1.54, 1.807) is 47.0 Å². The molecule has 1 aliphatic rings. The first-order valence-electron chi connectivity index (χ1n) is 11.0. The van der Waals surface area contributed by atoms with Crippen molar-refractivity contribution in [1.29, 1.82) is 0 Å². The second-order valence-electron chi connectivity index (χ2n) is 8.47. The first-order chi connectivity index (χ1) is 16.0. The average Bonchev–Trinajstić information content (AvgIpc) is 2.82. The minimum Gasteiger partial charge on any atom is -0.508 e. The number of rotatable bonds is 4. The fourth-order valence-electron chi connectivity index (χ4n) is 4.45. The van der Waals surface area contributed by atoms with Crippen LogP contribution >= 0.6 is 0 Å². The fraction of sp³-hybridized carbons (Fsp3) is 0.231. The smallest absolute Gasteiger partial charge is 0.261 e. The SMILES string of the molecule is O=c1c2cc(-c3ccc(F)cc3F)ccc2nc(-c2ccc(O)cc2)n1CC1CCCNC1. The van der Waals surface area contributed by atoms with Crippen molar-refractivity contribution in [2.75, 3.05) is 13.1 Å². The molecule has 3 aromatic carbocycles. The summed E-state index contributed by atoms with van der Waals surface area (Å²) in [7, 11) is 0. The van der Waals surface area contributed by atoms with Gasteiger partial charge in [0.15, 0.2) is 0 Å². The van der Waals surface area contributed by atoms with E-state index in [1.807, 2.05) is 0 Å². The molecule has 4 aromatic rings. The van der Waals surface area contributed by atoms with Crippen molar-refractivity contribution < 1.29 is 13.9 Å². The Hall–Kier alpha value is -3.58. The first-order valence-corrected chi connectivity index (χ1v) is 11.0. The van der Waals surface area contributed by atoms with Crippen molar-refractivity contribution in [3.63, 3.8) is 0 Å². The Labute approximate surface area is 189 Å². The van der Waals surface area contributed by atoms with Crippen LogP contribution in [-0.4, -0.2) is 27.7 Å². The molecule has 1 fully saturated rings. The van der Waals surface area contributed by atoms with Gasteiger partial charge in [-0.1, -0.05) is 6.07 Å². The minimum atomic E-state index is -0.684. The van der Waals surface area contributed by atoms with Crippen molar-refractivity contribution in [2.45, 2.75) is 19.4 Å². The zero-order valence-electron chi connectivity index (χ0n) is 17.9. The van der Waals surface area contributed by atoms with Gasteiger partial charge in [-0.15, -0.1) is 0 Å². The highest BCUT2D eigenvalue weighted by Gasteiger charge is 2.20. The number of aromatic hydroxyl groups is 1. The average molecular weight is 447 g/mol. The number of aromatic nitrogens is 2. The molecular formula is C26H23F2N3O2. The van der Waals surface area contributed by atoms with Gasteiger partial charge in [-0.25, -0.2) is 13.8 Å². The van der Waals surface area contributed by atoms with Crippen LogP contribution in [0.25, 0.3) is 33.4 Å². The van der Waals surface area contributed by atoms with Crippen LogP contribution in [0.15, 0.2) is 65.5 Å². The van der Waals surface area contributed by atoms with E-state index < -0.39 is 11.6 Å². The molecule has 1 atom stereocenters. The minimum absolute atomic E-state index is 0.135. The molecule has 1 aromatic heterocycles. The van der Waals surface area contributed by atoms with Gasteiger partial charge in [0.05, 0.1) is 10.9 Å². The Morgan fingerprint density at radius 2 is 1.82 bits per heavy atom. The lowest BCUT2D eigenvalue weighted by Gasteiger charge is -2.25. The van der Waals surface area contributed by atoms with Gasteiger partial charge in [0.25, 0.3) is 5.56 Å². The second-order valence-corrected chi connectivity index (χ2v) is 8.47. The molecule has 2 N–H and O–H groups in total. The molecule has 7 heteroatoms. The quantitative estimate of drug-likeness (QED) is 0.475. The molecule has 0 spiro atoms. The van der Waals surface area contributed by atoms with E-state index in [-0.39, 0.29) is 22.8 Å². The summed E-state index contributed by atoms with van der Waals surface area (Å²) in [6, 6.07) is 15.0. The van der Waals surface area contributed by atoms with E-state index in [2.05, 4.69) is 5.32 Å². The third kappa shape index (κ3) is 4.24. The van der Waals surface area contributed by atoms with Gasteiger partial charge >= 0.3 is 0 Å². The molecule has 0 radical (unpaired) electrons. The summed E-state index contributed by atoms with van der Waals surface area (Å²) in [5.74, 6) is -0.392. The zero-order valence-corrected chi connectivity index (χ0v) is 17.9. The van der Waals surface area contributed by atoms with E-state index in [0.717, 1.165) is 37.6 Å². The van der Waals surface area contributed by atoms with Crippen LogP contribution < -0.4 is 10.9 Å². The summed E-state index contributed by atoms with van der Waals surface area (Å²) < 4.78 is 29.4. The normalized spacial score (nSPS) is 16.2. The highest BCUT2D eigenvalue weighted by molar-refractivity contribution is 5.85. The molecule has 0 aliphatic carbocycles. The predicted octanol–water partition coefficient (Wildman–Crippen LogP) is 4.71. The van der Waals surface area contributed by atoms with Crippen LogP contribution in [0.1, 0.15) is 12.8 Å². The zero-order chi connectivity index (χ0) is 22.9. The third-order valence-corrected chi connectivity index (χ3v) is 6.16. The third-order valence-electron chi connectivity index (χ3n) is 6.16. The Morgan fingerprint density at radius 1 is 1.03 bits per heavy atom. The first kappa shape index (κ1) is 21.3. The largest absolute Gasteiger partial charge is 0.508 e. The number of benzene rings is 3. The number of hydrogen-bond acceptors (Lipinski definition) is 4. The van der Waals surface area contributed by atoms with Crippen molar-refractivity contribution in [3.05, 3.63) is 82.7 Å². The number of hydrogen-bond donors (Lipinski definition) is 2. The van der Waals surface area contributed by atoms with Crippen LogP contribution in [0.5, 0.6) is 5.75 Å². The van der Waals surface area contributed by atoms with E-state index >= 15 is 0 Å². The molecule has 5 nitrogen and oxygen atoms in total. The molecule has 1 saturated heterocycles. The van der Waals surface area contributed by atoms with Crippen molar-refractivity contribution >= 4 is 10.9 Å². The number of nitrogens with one attached hydrogen (secondary N) is 1. The molecule has 1 unspecified atom stereocenters. The molecular weight excluding hydrogens is 424 g/mol. The van der Waals surface area contributed by atoms with E-state index in [1.165, 1.54) is 12.1 Å². The van der Waals surface area contributed by atoms with E-state index in [4.69, 9.17) is 4.98 Å². The maximum atomic E-state index is 14.4. The number of piperidine rings is 1. The summed E-state index contributed by atoms with van der Waals surface area (Å²) in [5, 5.41) is 13.4. The lowest BCUT2D eigenvalue weighted by atomic mass is 9.99. The highest BCUT2D eigenvalue weighted by atomic mass is 19.1. The molecule has 168 valence electrons. The van der Waals surface area contributed by atoms with Crippen LogP contribution in [0.4, 0.5) is 8.78 Å². The number of phenols is 1. The monoisotopic (exact) mass is 447 g/mol. The van der Waals surface area contributed by atoms with Gasteiger partial charge in [-0.2, -0.15) is 0 Å². The molecule has 2 heterocycles. The molecule has 1 aliphatic heterocycles. The standard InChI is InChI=1S/C26H23F2N3O2/c27-19-6-9-21(23(28)13-19)18-5-10-24-22(12-18)26(33)31(15-16-2-1-11-29-14-16)25(30-24)17-3-7-20(32)8-4-17/h3-10,12-13,16,29,32H,1-2,11,14-15H2. The predicted molar refractivity (Wildman–Crippen MR) is 124 cm³/mol. The number of halogens is 2. The summed E-state index contributed by atoms with van der Waals surface area (Å²) in [4.78, 5) is 18.5. The second kappa shape index (κ2) is 8.75. The Kier molecular flexibility index (Phi) is 5.64. The molecule has 0 bridgehead atoms. The van der Waals surface area contributed by atoms with Gasteiger partial charge in [-0.3, -0.25) is 9.36 Å². The summed E-state index contributed by atoms with van der Waals surface area (Å²) in [5.41, 5.74) is 1.72. The van der Waals surface area contributed by atoms with Crippen LogP contribution in [0.2, 0.25) is 0 Å². The van der Waals surface area contributed by atoms with Crippen LogP contribution in [0, 0.1) is 17.6 Å². The Morgan fingerprint density at radius 3 is 2.55 bits per heavy atom. The molecule has 0 saturated carbocycles. The van der Waals surface area contributed by atoms with Crippen molar-refractivity contribution in [2.24, 2.45) is 5.92 Å². The van der Waals surface area contributed by atoms with Crippen LogP contribution in [-0.2, 0) is 6.54 Å². The number of nitrogens with zero attached hydrogens (tertiary/aromatic N) is 2. The molecule has 33 heavy (non-hydrogen) atoms. The van der Waals surface area contributed by atoms with Gasteiger partial charge in [-0.05, 0) is 85.9 Å². The van der Waals surface area contributed by atoms with Gasteiger partial charge in [0, 0.05) is 23.7 Å². The van der Waals surface area contributed by atoms with Crippen LogP contribution in [0.3, 0.4) is 0 Å². The lowest BCUT2D eigenvalue weighted by molar-refractivity contribution is 0.335. The van der Waals surface area contributed by atoms with E-state index in [9.17, 15) is 18.7 Å². The fourth-order valence-corrected chi connectivity index (χ4v) is 4.45. The lowest BCUT2D eigenvalue weighted by Crippen LogP contribution is -2.35. The van der Waals surface area contributed by atoms with Crippen molar-refractivity contribution in [3.8, 4) is 28.3 Å². The summed E-state index contributed by atoms with van der Waals surface area (Å²) in [6.07, 6.45) is 2.05. The summed E-state index contributed by atoms with van der Waals surface area (Å²) >= 11 is 0. The van der Waals surface area contributed by atoms with Crippen molar-refractivity contribution in [1.82, 2.24) is 14.9 Å². The number of phenolic OH excluding ortho intramolecular Hbond substituents is 1. The highest BCUT2D eigenvalue weighted by Crippen LogP contribution is 2.28. The van der Waals surface area contributed by atoms with Gasteiger partial charge < -0.3 is 10.4 Å². The van der Waals surface area contributed by atoms with Gasteiger partial charge in [0.2, 0.25) is 0 Å². The summed E-state index contributed by atoms with van der Waals surface area (Å²) in [6.45, 7) is 2.29. The maximum Gasteiger partial charge on any atom is 0.261 e. The van der Waals surface area contributed by atoms with Gasteiger partial charge in [0.1, 0.15) is 23.2 Å².